The number of ketones is 1. The normalized spacial score (nSPS) is 9.72. The Morgan fingerprint density at radius 1 is 0.944 bits per heavy atom. The van der Waals surface area contributed by atoms with Crippen molar-refractivity contribution in [3.05, 3.63) is 23.8 Å². The zero-order valence-electron chi connectivity index (χ0n) is 10.5. The lowest BCUT2D eigenvalue weighted by Crippen LogP contribution is -2.06. The van der Waals surface area contributed by atoms with Crippen LogP contribution in [0.25, 0.3) is 0 Å². The second-order valence-corrected chi connectivity index (χ2v) is 3.66. The Morgan fingerprint density at radius 2 is 1.39 bits per heavy atom. The highest BCUT2D eigenvalue weighted by Crippen LogP contribution is 2.24. The average molecular weight is 250 g/mol. The first-order valence-electron chi connectivity index (χ1n) is 5.47. The van der Waals surface area contributed by atoms with Crippen LogP contribution in [0.5, 0.6) is 11.5 Å². The highest BCUT2D eigenvalue weighted by molar-refractivity contribution is 5.97. The number of hydrogen-bond donors (Lipinski definition) is 0. The molecule has 1 rings (SSSR count). The lowest BCUT2D eigenvalue weighted by atomic mass is 10.1. The van der Waals surface area contributed by atoms with Crippen molar-refractivity contribution in [1.29, 1.82) is 0 Å². The van der Waals surface area contributed by atoms with Gasteiger partial charge in [0.1, 0.15) is 11.5 Å². The molecule has 0 spiro atoms. The van der Waals surface area contributed by atoms with Crippen LogP contribution >= 0.6 is 0 Å². The Balaban J connectivity index is 3.14. The molecule has 0 saturated carbocycles. The maximum absolute atomic E-state index is 11.6. The van der Waals surface area contributed by atoms with Crippen molar-refractivity contribution >= 4 is 17.7 Å². The molecular weight excluding hydrogens is 236 g/mol. The summed E-state index contributed by atoms with van der Waals surface area (Å²) in [5.74, 6) is -0.789. The van der Waals surface area contributed by atoms with E-state index in [-0.39, 0.29) is 17.3 Å². The van der Waals surface area contributed by atoms with Crippen LogP contribution in [0.4, 0.5) is 0 Å². The lowest BCUT2D eigenvalue weighted by Gasteiger charge is -2.08. The fraction of sp³-hybridized carbons (Fsp3) is 0.308. The Labute approximate surface area is 105 Å². The van der Waals surface area contributed by atoms with Crippen molar-refractivity contribution in [1.82, 2.24) is 0 Å². The molecule has 0 saturated heterocycles. The molecule has 0 heterocycles. The summed E-state index contributed by atoms with van der Waals surface area (Å²) >= 11 is 0. The molecule has 0 amide bonds. The summed E-state index contributed by atoms with van der Waals surface area (Å²) in [6.07, 6.45) is 0.309. The molecular formula is C13H14O5. The molecule has 0 aromatic heterocycles. The molecule has 96 valence electrons. The predicted octanol–water partition coefficient (Wildman–Crippen LogP) is 2.13. The summed E-state index contributed by atoms with van der Waals surface area (Å²) in [6, 6.07) is 4.27. The molecule has 0 unspecified atom stereocenters. The molecule has 0 aliphatic rings. The average Bonchev–Trinajstić information content (AvgIpc) is 2.25. The largest absolute Gasteiger partial charge is 0.427 e. The van der Waals surface area contributed by atoms with Crippen molar-refractivity contribution in [2.24, 2.45) is 0 Å². The molecule has 0 atom stereocenters. The number of hydrogen-bond acceptors (Lipinski definition) is 5. The Bertz CT molecular complexity index is 456. The van der Waals surface area contributed by atoms with Gasteiger partial charge in [0.15, 0.2) is 5.78 Å². The number of carbonyl (C=O) groups excluding carboxylic acids is 3. The number of esters is 2. The lowest BCUT2D eigenvalue weighted by molar-refractivity contribution is -0.132. The maximum atomic E-state index is 11.6. The maximum Gasteiger partial charge on any atom is 0.308 e. The van der Waals surface area contributed by atoms with Gasteiger partial charge in [0.05, 0.1) is 0 Å². The molecule has 0 N–H and O–H groups in total. The molecule has 1 aromatic rings. The van der Waals surface area contributed by atoms with Crippen LogP contribution in [0.3, 0.4) is 0 Å². The Hall–Kier alpha value is -2.17. The van der Waals surface area contributed by atoms with E-state index in [9.17, 15) is 14.4 Å². The van der Waals surface area contributed by atoms with E-state index in [4.69, 9.17) is 9.47 Å². The van der Waals surface area contributed by atoms with Crippen LogP contribution in [0, 0.1) is 0 Å². The minimum atomic E-state index is -0.509. The quantitative estimate of drug-likeness (QED) is 0.465. The minimum absolute atomic E-state index is 0.127. The summed E-state index contributed by atoms with van der Waals surface area (Å²) in [4.78, 5) is 33.4. The van der Waals surface area contributed by atoms with Gasteiger partial charge in [-0.15, -0.1) is 0 Å². The number of carbonyl (C=O) groups is 3. The Morgan fingerprint density at radius 3 is 1.72 bits per heavy atom. The van der Waals surface area contributed by atoms with Gasteiger partial charge in [-0.2, -0.15) is 0 Å². The SMILES string of the molecule is CCC(=O)c1cc(OC(C)=O)cc(OC(C)=O)c1. The van der Waals surface area contributed by atoms with E-state index < -0.39 is 11.9 Å². The fourth-order valence-electron chi connectivity index (χ4n) is 1.39. The van der Waals surface area contributed by atoms with Gasteiger partial charge in [0.2, 0.25) is 0 Å². The molecule has 0 fully saturated rings. The van der Waals surface area contributed by atoms with Crippen LogP contribution in [-0.2, 0) is 9.59 Å². The third-order valence-corrected chi connectivity index (χ3v) is 2.05. The van der Waals surface area contributed by atoms with Gasteiger partial charge in [-0.25, -0.2) is 0 Å². The fourth-order valence-corrected chi connectivity index (χ4v) is 1.39. The zero-order chi connectivity index (χ0) is 13.7. The molecule has 1 aromatic carbocycles. The van der Waals surface area contributed by atoms with Crippen LogP contribution in [0.1, 0.15) is 37.6 Å². The van der Waals surface area contributed by atoms with Crippen LogP contribution in [0.2, 0.25) is 0 Å². The standard InChI is InChI=1S/C13H14O5/c1-4-13(16)10-5-11(17-8(2)14)7-12(6-10)18-9(3)15/h5-7H,4H2,1-3H3. The summed E-state index contributed by atoms with van der Waals surface area (Å²) in [5, 5.41) is 0. The van der Waals surface area contributed by atoms with Crippen molar-refractivity contribution in [2.75, 3.05) is 0 Å². The van der Waals surface area contributed by atoms with Crippen molar-refractivity contribution in [2.45, 2.75) is 27.2 Å². The molecule has 18 heavy (non-hydrogen) atoms. The summed E-state index contributed by atoms with van der Waals surface area (Å²) in [5.41, 5.74) is 0.340. The van der Waals surface area contributed by atoms with E-state index in [0.29, 0.717) is 12.0 Å². The summed E-state index contributed by atoms with van der Waals surface area (Å²) in [7, 11) is 0. The molecule has 5 heteroatoms. The first kappa shape index (κ1) is 13.9. The summed E-state index contributed by atoms with van der Waals surface area (Å²) in [6.45, 7) is 4.21. The molecule has 0 aliphatic heterocycles. The van der Waals surface area contributed by atoms with Crippen LogP contribution in [0.15, 0.2) is 18.2 Å². The van der Waals surface area contributed by atoms with Crippen LogP contribution < -0.4 is 9.47 Å². The third-order valence-electron chi connectivity index (χ3n) is 2.05. The third kappa shape index (κ3) is 4.01. The highest BCUT2D eigenvalue weighted by Gasteiger charge is 2.11. The van der Waals surface area contributed by atoms with Crippen molar-refractivity contribution in [3.8, 4) is 11.5 Å². The van der Waals surface area contributed by atoms with E-state index >= 15 is 0 Å². The van der Waals surface area contributed by atoms with E-state index in [2.05, 4.69) is 0 Å². The molecule has 0 bridgehead atoms. The molecule has 0 radical (unpaired) electrons. The Kier molecular flexibility index (Phi) is 4.59. The minimum Gasteiger partial charge on any atom is -0.427 e. The van der Waals surface area contributed by atoms with Gasteiger partial charge in [-0.3, -0.25) is 14.4 Å². The second-order valence-electron chi connectivity index (χ2n) is 3.66. The van der Waals surface area contributed by atoms with Gasteiger partial charge in [-0.1, -0.05) is 6.92 Å². The van der Waals surface area contributed by atoms with Gasteiger partial charge in [-0.05, 0) is 12.1 Å². The van der Waals surface area contributed by atoms with Gasteiger partial charge in [0.25, 0.3) is 0 Å². The first-order chi connectivity index (χ1) is 8.42. The smallest absolute Gasteiger partial charge is 0.308 e. The predicted molar refractivity (Wildman–Crippen MR) is 63.7 cm³/mol. The van der Waals surface area contributed by atoms with E-state index in [1.165, 1.54) is 32.0 Å². The highest BCUT2D eigenvalue weighted by atomic mass is 16.5. The van der Waals surface area contributed by atoms with Gasteiger partial charge >= 0.3 is 11.9 Å². The van der Waals surface area contributed by atoms with Gasteiger partial charge < -0.3 is 9.47 Å². The van der Waals surface area contributed by atoms with E-state index in [0.717, 1.165) is 0 Å². The van der Waals surface area contributed by atoms with Gasteiger partial charge in [0, 0.05) is 31.9 Å². The van der Waals surface area contributed by atoms with E-state index in [1.54, 1.807) is 6.92 Å². The number of ether oxygens (including phenoxy) is 2. The zero-order valence-corrected chi connectivity index (χ0v) is 10.5. The van der Waals surface area contributed by atoms with Crippen molar-refractivity contribution in [3.63, 3.8) is 0 Å². The summed E-state index contributed by atoms with van der Waals surface area (Å²) < 4.78 is 9.78. The second kappa shape index (κ2) is 5.95. The topological polar surface area (TPSA) is 69.7 Å². The number of benzene rings is 1. The van der Waals surface area contributed by atoms with E-state index in [1.807, 2.05) is 0 Å². The number of rotatable bonds is 4. The van der Waals surface area contributed by atoms with Crippen molar-refractivity contribution < 1.29 is 23.9 Å². The number of Topliss-reactive ketones (excluding diaryl/α,β-unsaturated/α-hetero) is 1. The molecule has 5 nitrogen and oxygen atoms in total. The van der Waals surface area contributed by atoms with Crippen LogP contribution in [-0.4, -0.2) is 17.7 Å². The monoisotopic (exact) mass is 250 g/mol. The molecule has 0 aliphatic carbocycles. The first-order valence-corrected chi connectivity index (χ1v) is 5.47.